The highest BCUT2D eigenvalue weighted by Gasteiger charge is 2.33. The van der Waals surface area contributed by atoms with Crippen LogP contribution in [-0.4, -0.2) is 48.7 Å². The highest BCUT2D eigenvalue weighted by molar-refractivity contribution is 7.89. The maximum absolute atomic E-state index is 13.1. The van der Waals surface area contributed by atoms with Crippen LogP contribution in [0.5, 0.6) is 0 Å². The van der Waals surface area contributed by atoms with Crippen LogP contribution in [0.25, 0.3) is 0 Å². The molecular weight excluding hydrogens is 486 g/mol. The van der Waals surface area contributed by atoms with Gasteiger partial charge in [-0.05, 0) is 30.7 Å². The van der Waals surface area contributed by atoms with Crippen molar-refractivity contribution in [3.63, 3.8) is 0 Å². The summed E-state index contributed by atoms with van der Waals surface area (Å²) in [5, 5.41) is 26.2. The predicted molar refractivity (Wildman–Crippen MR) is 136 cm³/mol. The van der Waals surface area contributed by atoms with Gasteiger partial charge in [-0.3, -0.25) is 20.2 Å². The number of hydrogen-bond acceptors (Lipinski definition) is 8. The molecule has 0 unspecified atom stereocenters. The van der Waals surface area contributed by atoms with Crippen LogP contribution in [0.15, 0.2) is 77.7 Å². The molecule has 0 aromatic heterocycles. The molecule has 1 aliphatic rings. The summed E-state index contributed by atoms with van der Waals surface area (Å²) in [6.07, 6.45) is 0. The minimum absolute atomic E-state index is 0.0564. The lowest BCUT2D eigenvalue weighted by Gasteiger charge is -2.35. The number of hydrogen-bond donors (Lipinski definition) is 1. The number of sulfonamides is 1. The number of piperazine rings is 1. The molecule has 1 atom stereocenters. The van der Waals surface area contributed by atoms with Crippen LogP contribution in [0.1, 0.15) is 18.5 Å². The van der Waals surface area contributed by atoms with E-state index < -0.39 is 25.6 Å². The Hall–Kier alpha value is -4.03. The van der Waals surface area contributed by atoms with E-state index in [0.717, 1.165) is 5.56 Å². The Labute approximate surface area is 208 Å². The van der Waals surface area contributed by atoms with Crippen molar-refractivity contribution >= 4 is 32.8 Å². The number of nitro benzene ring substituents is 2. The summed E-state index contributed by atoms with van der Waals surface area (Å²) in [4.78, 5) is 23.4. The van der Waals surface area contributed by atoms with Crippen LogP contribution in [0, 0.1) is 20.2 Å². The molecule has 0 amide bonds. The summed E-state index contributed by atoms with van der Waals surface area (Å²) in [6.45, 7) is 2.80. The van der Waals surface area contributed by atoms with Gasteiger partial charge in [0.05, 0.1) is 9.85 Å². The van der Waals surface area contributed by atoms with Gasteiger partial charge >= 0.3 is 0 Å². The van der Waals surface area contributed by atoms with E-state index in [1.165, 1.54) is 34.6 Å². The first-order valence-electron chi connectivity index (χ1n) is 11.3. The van der Waals surface area contributed by atoms with Gasteiger partial charge in [-0.1, -0.05) is 42.5 Å². The summed E-state index contributed by atoms with van der Waals surface area (Å²) >= 11 is 0. The largest absolute Gasteiger partial charge is 0.373 e. The second-order valence-electron chi connectivity index (χ2n) is 8.35. The van der Waals surface area contributed by atoms with Gasteiger partial charge in [0.15, 0.2) is 4.90 Å². The zero-order valence-electron chi connectivity index (χ0n) is 19.5. The van der Waals surface area contributed by atoms with Gasteiger partial charge in [0.2, 0.25) is 10.0 Å². The Morgan fingerprint density at radius 3 is 2.08 bits per heavy atom. The molecule has 1 heterocycles. The van der Waals surface area contributed by atoms with Crippen LogP contribution < -0.4 is 10.2 Å². The Kier molecular flexibility index (Phi) is 7.17. The van der Waals surface area contributed by atoms with Crippen molar-refractivity contribution < 1.29 is 18.3 Å². The van der Waals surface area contributed by atoms with Crippen molar-refractivity contribution in [2.24, 2.45) is 0 Å². The van der Waals surface area contributed by atoms with Gasteiger partial charge in [0.1, 0.15) is 5.69 Å². The average Bonchev–Trinajstić information content (AvgIpc) is 2.89. The van der Waals surface area contributed by atoms with E-state index in [4.69, 9.17) is 0 Å². The second-order valence-corrected chi connectivity index (χ2v) is 10.3. The Morgan fingerprint density at radius 2 is 1.44 bits per heavy atom. The topological polar surface area (TPSA) is 139 Å². The molecule has 36 heavy (non-hydrogen) atoms. The van der Waals surface area contributed by atoms with Gasteiger partial charge in [-0.25, -0.2) is 8.42 Å². The lowest BCUT2D eigenvalue weighted by molar-refractivity contribution is -0.387. The van der Waals surface area contributed by atoms with Crippen molar-refractivity contribution in [2.45, 2.75) is 17.9 Å². The number of benzene rings is 3. The van der Waals surface area contributed by atoms with Gasteiger partial charge in [-0.15, -0.1) is 0 Å². The van der Waals surface area contributed by atoms with E-state index in [9.17, 15) is 28.6 Å². The minimum atomic E-state index is -4.05. The molecule has 1 fully saturated rings. The highest BCUT2D eigenvalue weighted by Crippen LogP contribution is 2.33. The van der Waals surface area contributed by atoms with Crippen molar-refractivity contribution in [1.82, 2.24) is 4.31 Å². The van der Waals surface area contributed by atoms with Crippen LogP contribution in [0.4, 0.5) is 22.7 Å². The maximum Gasteiger partial charge on any atom is 0.292 e. The van der Waals surface area contributed by atoms with Gasteiger partial charge in [0.25, 0.3) is 11.4 Å². The fourth-order valence-electron chi connectivity index (χ4n) is 4.21. The quantitative estimate of drug-likeness (QED) is 0.351. The van der Waals surface area contributed by atoms with Crippen LogP contribution in [0.2, 0.25) is 0 Å². The third-order valence-corrected chi connectivity index (χ3v) is 8.08. The molecule has 12 heteroatoms. The first-order chi connectivity index (χ1) is 17.2. The van der Waals surface area contributed by atoms with E-state index in [1.807, 2.05) is 42.2 Å². The molecule has 3 aromatic carbocycles. The molecule has 4 rings (SSSR count). The molecule has 0 bridgehead atoms. The summed E-state index contributed by atoms with van der Waals surface area (Å²) in [7, 11) is -4.05. The molecule has 1 N–H and O–H groups in total. The average molecular weight is 512 g/mol. The number of nitro groups is 2. The Morgan fingerprint density at radius 1 is 0.833 bits per heavy atom. The molecule has 0 saturated carbocycles. The van der Waals surface area contributed by atoms with Crippen LogP contribution in [-0.2, 0) is 10.0 Å². The number of rotatable bonds is 8. The second kappa shape index (κ2) is 10.3. The maximum atomic E-state index is 13.1. The summed E-state index contributed by atoms with van der Waals surface area (Å²) < 4.78 is 27.4. The number of nitrogens with one attached hydrogen (secondary N) is 1. The van der Waals surface area contributed by atoms with E-state index in [-0.39, 0.29) is 29.7 Å². The van der Waals surface area contributed by atoms with E-state index in [1.54, 1.807) is 12.1 Å². The highest BCUT2D eigenvalue weighted by atomic mass is 32.2. The van der Waals surface area contributed by atoms with Crippen molar-refractivity contribution in [3.05, 3.63) is 98.6 Å². The Bertz CT molecular complexity index is 1370. The number of nitrogens with zero attached hydrogens (tertiary/aromatic N) is 4. The fourth-order valence-corrected chi connectivity index (χ4v) is 5.79. The van der Waals surface area contributed by atoms with E-state index >= 15 is 0 Å². The van der Waals surface area contributed by atoms with E-state index in [0.29, 0.717) is 24.5 Å². The monoisotopic (exact) mass is 511 g/mol. The zero-order chi connectivity index (χ0) is 25.9. The molecule has 1 saturated heterocycles. The lowest BCUT2D eigenvalue weighted by Crippen LogP contribution is -2.48. The lowest BCUT2D eigenvalue weighted by atomic mass is 10.1. The SMILES string of the molecule is C[C@@H](Nc1cc(N2CCN(S(=O)(=O)c3ccccc3[N+](=O)[O-])CC2)ccc1[N+](=O)[O-])c1ccccc1. The molecule has 0 aliphatic carbocycles. The van der Waals surface area contributed by atoms with E-state index in [2.05, 4.69) is 5.32 Å². The molecule has 1 aliphatic heterocycles. The van der Waals surface area contributed by atoms with Crippen molar-refractivity contribution in [2.75, 3.05) is 36.4 Å². The normalized spacial score (nSPS) is 15.3. The molecular formula is C24H25N5O6S. The third-order valence-electron chi connectivity index (χ3n) is 6.13. The zero-order valence-corrected chi connectivity index (χ0v) is 20.3. The minimum Gasteiger partial charge on any atom is -0.373 e. The molecule has 11 nitrogen and oxygen atoms in total. The first kappa shape index (κ1) is 25.1. The summed E-state index contributed by atoms with van der Waals surface area (Å²) in [5.74, 6) is 0. The molecule has 0 radical (unpaired) electrons. The standard InChI is InChI=1S/C24H25N5O6S/c1-18(19-7-3-2-4-8-19)25-21-17-20(11-12-22(21)28(30)31)26-13-15-27(16-14-26)36(34,35)24-10-6-5-9-23(24)29(32)33/h2-12,17-18,25H,13-16H2,1H3/t18-/m1/s1. The predicted octanol–water partition coefficient (Wildman–Crippen LogP) is 4.19. The van der Waals surface area contributed by atoms with Gasteiger partial charge in [-0.2, -0.15) is 4.31 Å². The smallest absolute Gasteiger partial charge is 0.292 e. The number of anilines is 2. The summed E-state index contributed by atoms with van der Waals surface area (Å²) in [6, 6.07) is 19.5. The summed E-state index contributed by atoms with van der Waals surface area (Å²) in [5.41, 5.74) is 1.54. The number of para-hydroxylation sites is 1. The van der Waals surface area contributed by atoms with Crippen LogP contribution in [0.3, 0.4) is 0 Å². The molecule has 188 valence electrons. The third kappa shape index (κ3) is 5.14. The van der Waals surface area contributed by atoms with Crippen molar-refractivity contribution in [3.8, 4) is 0 Å². The fraction of sp³-hybridized carbons (Fsp3) is 0.250. The Balaban J connectivity index is 1.52. The van der Waals surface area contributed by atoms with Gasteiger partial charge in [0, 0.05) is 50.0 Å². The molecule has 3 aromatic rings. The molecule has 0 spiro atoms. The van der Waals surface area contributed by atoms with Crippen molar-refractivity contribution in [1.29, 1.82) is 0 Å². The van der Waals surface area contributed by atoms with Gasteiger partial charge < -0.3 is 10.2 Å². The van der Waals surface area contributed by atoms with Crippen LogP contribution >= 0.6 is 0 Å². The first-order valence-corrected chi connectivity index (χ1v) is 12.7.